The van der Waals surface area contributed by atoms with Gasteiger partial charge in [-0.2, -0.15) is 0 Å². The number of fused-ring (bicyclic) bond motifs is 1. The van der Waals surface area contributed by atoms with Crippen LogP contribution in [0.5, 0.6) is 11.5 Å². The lowest BCUT2D eigenvalue weighted by Crippen LogP contribution is -1.87. The molecule has 4 heteroatoms. The van der Waals surface area contributed by atoms with Crippen molar-refractivity contribution in [3.8, 4) is 11.5 Å². The number of hydrogen-bond acceptors (Lipinski definition) is 2. The monoisotopic (exact) mass is 305 g/mol. The van der Waals surface area contributed by atoms with Gasteiger partial charge in [0.1, 0.15) is 11.5 Å². The van der Waals surface area contributed by atoms with Crippen LogP contribution in [0.2, 0.25) is 5.02 Å². The molecule has 0 aliphatic rings. The molecule has 0 aliphatic heterocycles. The van der Waals surface area contributed by atoms with E-state index in [1.54, 1.807) is 0 Å². The van der Waals surface area contributed by atoms with Crippen molar-refractivity contribution in [2.45, 2.75) is 6.92 Å². The summed E-state index contributed by atoms with van der Waals surface area (Å²) in [4.78, 5) is 4.44. The Morgan fingerprint density at radius 3 is 2.45 bits per heavy atom. The van der Waals surface area contributed by atoms with Gasteiger partial charge in [0.05, 0.1) is 10.5 Å². The molecule has 0 fully saturated rings. The molecule has 102 valence electrons. The summed E-state index contributed by atoms with van der Waals surface area (Å²) in [5.41, 5.74) is 1.79. The molecule has 1 aromatic heterocycles. The second kappa shape index (κ2) is 6.12. The van der Waals surface area contributed by atoms with Crippen molar-refractivity contribution in [2.75, 3.05) is 0 Å². The van der Waals surface area contributed by atoms with E-state index in [2.05, 4.69) is 4.98 Å². The maximum Gasteiger partial charge on any atom is 0.128 e. The third-order valence-electron chi connectivity index (χ3n) is 2.84. The fourth-order valence-corrected chi connectivity index (χ4v) is 2.28. The lowest BCUT2D eigenvalue weighted by molar-refractivity contribution is 0.483. The standard InChI is InChI=1S/C16H12ClNO.ClH/c1-11-9-15(17)14-10-13(7-8-16(14)18-11)19-12-5-3-2-4-6-12;/h2-10H,1H3;1H. The van der Waals surface area contributed by atoms with E-state index in [1.165, 1.54) is 0 Å². The zero-order valence-corrected chi connectivity index (χ0v) is 12.4. The Bertz CT molecular complexity index is 729. The number of rotatable bonds is 2. The molecule has 0 saturated heterocycles. The Hall–Kier alpha value is -1.77. The van der Waals surface area contributed by atoms with Crippen LogP contribution in [0.15, 0.2) is 54.6 Å². The van der Waals surface area contributed by atoms with Crippen molar-refractivity contribution in [3.63, 3.8) is 0 Å². The fourth-order valence-electron chi connectivity index (χ4n) is 1.98. The van der Waals surface area contributed by atoms with Gasteiger partial charge in [0.15, 0.2) is 0 Å². The average Bonchev–Trinajstić information content (AvgIpc) is 2.40. The summed E-state index contributed by atoms with van der Waals surface area (Å²) in [6.07, 6.45) is 0. The van der Waals surface area contributed by atoms with Crippen molar-refractivity contribution in [3.05, 3.63) is 65.3 Å². The van der Waals surface area contributed by atoms with Gasteiger partial charge in [-0.15, -0.1) is 12.4 Å². The first kappa shape index (κ1) is 14.6. The molecular weight excluding hydrogens is 293 g/mol. The molecule has 0 amide bonds. The summed E-state index contributed by atoms with van der Waals surface area (Å²) >= 11 is 6.24. The second-order valence-electron chi connectivity index (χ2n) is 4.34. The van der Waals surface area contributed by atoms with E-state index in [-0.39, 0.29) is 12.4 Å². The smallest absolute Gasteiger partial charge is 0.128 e. The van der Waals surface area contributed by atoms with Crippen LogP contribution in [-0.2, 0) is 0 Å². The zero-order valence-electron chi connectivity index (χ0n) is 10.8. The lowest BCUT2D eigenvalue weighted by atomic mass is 10.2. The molecule has 0 bridgehead atoms. The summed E-state index contributed by atoms with van der Waals surface area (Å²) in [6.45, 7) is 1.93. The number of ether oxygens (including phenoxy) is 1. The van der Waals surface area contributed by atoms with Crippen LogP contribution in [0.3, 0.4) is 0 Å². The van der Waals surface area contributed by atoms with E-state index in [1.807, 2.05) is 61.5 Å². The van der Waals surface area contributed by atoms with Gasteiger partial charge < -0.3 is 4.74 Å². The SMILES string of the molecule is Cc1cc(Cl)c2cc(Oc3ccccc3)ccc2n1.Cl. The van der Waals surface area contributed by atoms with Gasteiger partial charge in [-0.1, -0.05) is 29.8 Å². The highest BCUT2D eigenvalue weighted by Crippen LogP contribution is 2.29. The van der Waals surface area contributed by atoms with E-state index in [0.29, 0.717) is 5.02 Å². The van der Waals surface area contributed by atoms with E-state index in [4.69, 9.17) is 16.3 Å². The quantitative estimate of drug-likeness (QED) is 0.631. The van der Waals surface area contributed by atoms with Gasteiger partial charge in [-0.05, 0) is 43.3 Å². The minimum atomic E-state index is 0. The predicted octanol–water partition coefficient (Wildman–Crippen LogP) is 5.41. The van der Waals surface area contributed by atoms with E-state index < -0.39 is 0 Å². The van der Waals surface area contributed by atoms with E-state index >= 15 is 0 Å². The van der Waals surface area contributed by atoms with Crippen molar-refractivity contribution < 1.29 is 4.74 Å². The number of pyridine rings is 1. The number of hydrogen-bond donors (Lipinski definition) is 0. The summed E-state index contributed by atoms with van der Waals surface area (Å²) in [7, 11) is 0. The number of benzene rings is 2. The Kier molecular flexibility index (Phi) is 4.48. The average molecular weight is 306 g/mol. The molecule has 2 nitrogen and oxygen atoms in total. The number of para-hydroxylation sites is 1. The van der Waals surface area contributed by atoms with Crippen molar-refractivity contribution in [2.24, 2.45) is 0 Å². The summed E-state index contributed by atoms with van der Waals surface area (Å²) in [5, 5.41) is 1.60. The number of nitrogens with zero attached hydrogens (tertiary/aromatic N) is 1. The summed E-state index contributed by atoms with van der Waals surface area (Å²) in [6, 6.07) is 17.3. The molecule has 0 spiro atoms. The summed E-state index contributed by atoms with van der Waals surface area (Å²) < 4.78 is 5.79. The molecule has 0 unspecified atom stereocenters. The molecular formula is C16H13Cl2NO. The van der Waals surface area contributed by atoms with Gasteiger partial charge in [0.2, 0.25) is 0 Å². The first-order valence-electron chi connectivity index (χ1n) is 6.02. The van der Waals surface area contributed by atoms with Crippen LogP contribution in [0.1, 0.15) is 5.69 Å². The minimum Gasteiger partial charge on any atom is -0.457 e. The highest BCUT2D eigenvalue weighted by molar-refractivity contribution is 6.35. The predicted molar refractivity (Wildman–Crippen MR) is 85.3 cm³/mol. The molecule has 2 aromatic carbocycles. The first-order valence-corrected chi connectivity index (χ1v) is 6.40. The van der Waals surface area contributed by atoms with Crippen LogP contribution >= 0.6 is 24.0 Å². The normalized spacial score (nSPS) is 10.1. The maximum absolute atomic E-state index is 6.24. The molecule has 0 N–H and O–H groups in total. The van der Waals surface area contributed by atoms with E-state index in [9.17, 15) is 0 Å². The van der Waals surface area contributed by atoms with Crippen molar-refractivity contribution in [1.82, 2.24) is 4.98 Å². The van der Waals surface area contributed by atoms with Crippen LogP contribution in [0.4, 0.5) is 0 Å². The number of aromatic nitrogens is 1. The van der Waals surface area contributed by atoms with Crippen LogP contribution in [-0.4, -0.2) is 4.98 Å². The minimum absolute atomic E-state index is 0. The number of halogens is 2. The third kappa shape index (κ3) is 3.03. The van der Waals surface area contributed by atoms with Crippen LogP contribution in [0, 0.1) is 6.92 Å². The van der Waals surface area contributed by atoms with Crippen molar-refractivity contribution in [1.29, 1.82) is 0 Å². The molecule has 0 atom stereocenters. The Morgan fingerprint density at radius 2 is 1.70 bits per heavy atom. The molecule has 0 saturated carbocycles. The highest BCUT2D eigenvalue weighted by Gasteiger charge is 2.04. The topological polar surface area (TPSA) is 22.1 Å². The maximum atomic E-state index is 6.24. The third-order valence-corrected chi connectivity index (χ3v) is 3.15. The second-order valence-corrected chi connectivity index (χ2v) is 4.75. The fraction of sp³-hybridized carbons (Fsp3) is 0.0625. The highest BCUT2D eigenvalue weighted by atomic mass is 35.5. The lowest BCUT2D eigenvalue weighted by Gasteiger charge is -2.07. The Labute approximate surface area is 128 Å². The molecule has 3 aromatic rings. The van der Waals surface area contributed by atoms with Gasteiger partial charge in [0, 0.05) is 11.1 Å². The van der Waals surface area contributed by atoms with Gasteiger partial charge in [-0.25, -0.2) is 0 Å². The Balaban J connectivity index is 0.00000147. The Morgan fingerprint density at radius 1 is 0.950 bits per heavy atom. The molecule has 3 rings (SSSR count). The van der Waals surface area contributed by atoms with E-state index in [0.717, 1.165) is 28.1 Å². The summed E-state index contributed by atoms with van der Waals surface area (Å²) in [5.74, 6) is 1.56. The molecule has 0 aliphatic carbocycles. The van der Waals surface area contributed by atoms with Crippen molar-refractivity contribution >= 4 is 34.9 Å². The zero-order chi connectivity index (χ0) is 13.2. The largest absolute Gasteiger partial charge is 0.457 e. The van der Waals surface area contributed by atoms with Crippen LogP contribution in [0.25, 0.3) is 10.9 Å². The molecule has 0 radical (unpaired) electrons. The van der Waals surface area contributed by atoms with Crippen LogP contribution < -0.4 is 4.74 Å². The molecule has 1 heterocycles. The number of aryl methyl sites for hydroxylation is 1. The van der Waals surface area contributed by atoms with Gasteiger partial charge >= 0.3 is 0 Å². The van der Waals surface area contributed by atoms with Gasteiger partial charge in [-0.3, -0.25) is 4.98 Å². The molecule has 20 heavy (non-hydrogen) atoms. The first-order chi connectivity index (χ1) is 9.22. The van der Waals surface area contributed by atoms with Gasteiger partial charge in [0.25, 0.3) is 0 Å².